The second-order valence-corrected chi connectivity index (χ2v) is 5.16. The highest BCUT2D eigenvalue weighted by Crippen LogP contribution is 2.12. The van der Waals surface area contributed by atoms with Crippen LogP contribution in [-0.2, 0) is 9.53 Å². The number of ether oxygens (including phenoxy) is 1. The van der Waals surface area contributed by atoms with Gasteiger partial charge in [0.25, 0.3) is 0 Å². The number of carbonyl (C=O) groups excluding carboxylic acids is 1. The SMILES string of the molecule is CC(=O)OCC(=CCCC(C)=CCO)CCC=C(C)CO. The first kappa shape index (κ1) is 19.6. The molecule has 0 aliphatic carbocycles. The Morgan fingerprint density at radius 2 is 1.62 bits per heavy atom. The van der Waals surface area contributed by atoms with Gasteiger partial charge in [-0.25, -0.2) is 0 Å². The first-order valence-electron chi connectivity index (χ1n) is 7.33. The van der Waals surface area contributed by atoms with Gasteiger partial charge < -0.3 is 14.9 Å². The molecular weight excluding hydrogens is 268 g/mol. The molecule has 0 spiro atoms. The highest BCUT2D eigenvalue weighted by Gasteiger charge is 2.01. The lowest BCUT2D eigenvalue weighted by Crippen LogP contribution is -2.03. The zero-order chi connectivity index (χ0) is 16.1. The molecule has 21 heavy (non-hydrogen) atoms. The quantitative estimate of drug-likeness (QED) is 0.480. The summed E-state index contributed by atoms with van der Waals surface area (Å²) in [5, 5.41) is 17.8. The maximum absolute atomic E-state index is 10.9. The Morgan fingerprint density at radius 3 is 2.19 bits per heavy atom. The summed E-state index contributed by atoms with van der Waals surface area (Å²) in [5.74, 6) is -0.278. The Labute approximate surface area is 127 Å². The summed E-state index contributed by atoms with van der Waals surface area (Å²) in [7, 11) is 0. The maximum atomic E-state index is 10.9. The number of aliphatic hydroxyl groups is 2. The molecular formula is C17H28O4. The zero-order valence-electron chi connectivity index (χ0n) is 13.4. The summed E-state index contributed by atoms with van der Waals surface area (Å²) in [6.45, 7) is 5.75. The van der Waals surface area contributed by atoms with Crippen LogP contribution in [-0.4, -0.2) is 36.0 Å². The summed E-state index contributed by atoms with van der Waals surface area (Å²) in [6.07, 6.45) is 9.28. The molecule has 0 atom stereocenters. The Kier molecular flexibility index (Phi) is 11.5. The summed E-state index contributed by atoms with van der Waals surface area (Å²) in [5.41, 5.74) is 3.18. The van der Waals surface area contributed by atoms with E-state index in [9.17, 15) is 4.79 Å². The van der Waals surface area contributed by atoms with E-state index in [1.54, 1.807) is 6.08 Å². The molecule has 0 aliphatic heterocycles. The van der Waals surface area contributed by atoms with Crippen LogP contribution in [0.4, 0.5) is 0 Å². The van der Waals surface area contributed by atoms with Gasteiger partial charge in [0.1, 0.15) is 6.61 Å². The predicted molar refractivity (Wildman–Crippen MR) is 84.9 cm³/mol. The second-order valence-electron chi connectivity index (χ2n) is 5.16. The van der Waals surface area contributed by atoms with Crippen LogP contribution in [0.25, 0.3) is 0 Å². The van der Waals surface area contributed by atoms with Gasteiger partial charge in [-0.2, -0.15) is 0 Å². The van der Waals surface area contributed by atoms with Gasteiger partial charge in [0, 0.05) is 6.92 Å². The van der Waals surface area contributed by atoms with Gasteiger partial charge in [0.15, 0.2) is 0 Å². The molecule has 120 valence electrons. The van der Waals surface area contributed by atoms with Crippen molar-refractivity contribution < 1.29 is 19.7 Å². The minimum Gasteiger partial charge on any atom is -0.461 e. The fourth-order valence-corrected chi connectivity index (χ4v) is 1.76. The van der Waals surface area contributed by atoms with Gasteiger partial charge in [0.05, 0.1) is 13.2 Å². The van der Waals surface area contributed by atoms with Crippen molar-refractivity contribution in [2.75, 3.05) is 19.8 Å². The molecule has 0 aromatic rings. The Hall–Kier alpha value is -1.39. The van der Waals surface area contributed by atoms with Crippen molar-refractivity contribution in [3.8, 4) is 0 Å². The summed E-state index contributed by atoms with van der Waals surface area (Å²) < 4.78 is 5.06. The number of allylic oxidation sites excluding steroid dienone is 3. The van der Waals surface area contributed by atoms with Crippen LogP contribution in [0.1, 0.15) is 46.5 Å². The average Bonchev–Trinajstić information content (AvgIpc) is 2.44. The number of aliphatic hydroxyl groups excluding tert-OH is 2. The summed E-state index contributed by atoms with van der Waals surface area (Å²) in [6, 6.07) is 0. The molecule has 0 rings (SSSR count). The average molecular weight is 296 g/mol. The first-order valence-corrected chi connectivity index (χ1v) is 7.33. The molecule has 0 aliphatic rings. The minimum absolute atomic E-state index is 0.0705. The van der Waals surface area contributed by atoms with Crippen LogP contribution < -0.4 is 0 Å². The van der Waals surface area contributed by atoms with E-state index in [1.807, 2.05) is 19.9 Å². The molecule has 0 amide bonds. The van der Waals surface area contributed by atoms with Crippen LogP contribution in [0.5, 0.6) is 0 Å². The Balaban J connectivity index is 4.42. The lowest BCUT2D eigenvalue weighted by atomic mass is 10.1. The lowest BCUT2D eigenvalue weighted by Gasteiger charge is -2.07. The van der Waals surface area contributed by atoms with Crippen LogP contribution in [0.3, 0.4) is 0 Å². The Bertz CT molecular complexity index is 392. The number of carbonyl (C=O) groups is 1. The fraction of sp³-hybridized carbons (Fsp3) is 0.588. The predicted octanol–water partition coefficient (Wildman–Crippen LogP) is 2.91. The molecule has 0 saturated heterocycles. The van der Waals surface area contributed by atoms with E-state index >= 15 is 0 Å². The van der Waals surface area contributed by atoms with Gasteiger partial charge in [-0.05, 0) is 45.1 Å². The largest absolute Gasteiger partial charge is 0.461 e. The zero-order valence-corrected chi connectivity index (χ0v) is 13.4. The molecule has 0 heterocycles. The smallest absolute Gasteiger partial charge is 0.302 e. The number of hydrogen-bond acceptors (Lipinski definition) is 4. The lowest BCUT2D eigenvalue weighted by molar-refractivity contribution is -0.140. The molecule has 0 radical (unpaired) electrons. The van der Waals surface area contributed by atoms with Crippen molar-refractivity contribution in [3.63, 3.8) is 0 Å². The van der Waals surface area contributed by atoms with Gasteiger partial charge in [-0.15, -0.1) is 0 Å². The van der Waals surface area contributed by atoms with Crippen molar-refractivity contribution in [3.05, 3.63) is 34.9 Å². The van der Waals surface area contributed by atoms with E-state index in [-0.39, 0.29) is 19.2 Å². The van der Waals surface area contributed by atoms with E-state index < -0.39 is 0 Å². The molecule has 0 bridgehead atoms. The second kappa shape index (κ2) is 12.4. The summed E-state index contributed by atoms with van der Waals surface area (Å²) >= 11 is 0. The highest BCUT2D eigenvalue weighted by atomic mass is 16.5. The van der Waals surface area contributed by atoms with E-state index in [1.165, 1.54) is 6.92 Å². The Morgan fingerprint density at radius 1 is 0.952 bits per heavy atom. The monoisotopic (exact) mass is 296 g/mol. The van der Waals surface area contributed by atoms with E-state index in [0.717, 1.165) is 42.4 Å². The molecule has 0 unspecified atom stereocenters. The van der Waals surface area contributed by atoms with Crippen LogP contribution in [0.15, 0.2) is 34.9 Å². The molecule has 4 nitrogen and oxygen atoms in total. The molecule has 0 fully saturated rings. The van der Waals surface area contributed by atoms with Crippen LogP contribution in [0.2, 0.25) is 0 Å². The molecule has 4 heteroatoms. The van der Waals surface area contributed by atoms with E-state index in [4.69, 9.17) is 14.9 Å². The minimum atomic E-state index is -0.278. The third-order valence-electron chi connectivity index (χ3n) is 3.08. The fourth-order valence-electron chi connectivity index (χ4n) is 1.76. The third-order valence-corrected chi connectivity index (χ3v) is 3.08. The normalized spacial score (nSPS) is 13.5. The summed E-state index contributed by atoms with van der Waals surface area (Å²) in [4.78, 5) is 10.9. The van der Waals surface area contributed by atoms with Crippen molar-refractivity contribution in [2.24, 2.45) is 0 Å². The van der Waals surface area contributed by atoms with Gasteiger partial charge in [-0.3, -0.25) is 4.79 Å². The van der Waals surface area contributed by atoms with Gasteiger partial charge in [0.2, 0.25) is 0 Å². The number of esters is 1. The highest BCUT2D eigenvalue weighted by molar-refractivity contribution is 5.66. The van der Waals surface area contributed by atoms with E-state index in [0.29, 0.717) is 6.61 Å². The van der Waals surface area contributed by atoms with Crippen molar-refractivity contribution >= 4 is 5.97 Å². The first-order chi connectivity index (χ1) is 9.99. The molecule has 2 N–H and O–H groups in total. The number of hydrogen-bond donors (Lipinski definition) is 2. The van der Waals surface area contributed by atoms with Crippen molar-refractivity contribution in [1.82, 2.24) is 0 Å². The molecule has 0 saturated carbocycles. The third kappa shape index (κ3) is 12.1. The van der Waals surface area contributed by atoms with E-state index in [2.05, 4.69) is 6.08 Å². The molecule has 0 aromatic heterocycles. The standard InChI is InChI=1S/C17H28O4/c1-14(10-11-18)6-4-8-17(13-21-16(3)20)9-5-7-15(2)12-19/h7-8,10,18-19H,4-6,9,11-13H2,1-3H3. The van der Waals surface area contributed by atoms with Crippen LogP contribution >= 0.6 is 0 Å². The maximum Gasteiger partial charge on any atom is 0.302 e. The van der Waals surface area contributed by atoms with Gasteiger partial charge in [-0.1, -0.05) is 29.4 Å². The molecule has 0 aromatic carbocycles. The topological polar surface area (TPSA) is 66.8 Å². The van der Waals surface area contributed by atoms with Crippen molar-refractivity contribution in [1.29, 1.82) is 0 Å². The van der Waals surface area contributed by atoms with Gasteiger partial charge >= 0.3 is 5.97 Å². The van der Waals surface area contributed by atoms with Crippen molar-refractivity contribution in [2.45, 2.75) is 46.5 Å². The number of rotatable bonds is 10. The van der Waals surface area contributed by atoms with Crippen LogP contribution in [0, 0.1) is 0 Å².